The van der Waals surface area contributed by atoms with E-state index in [4.69, 9.17) is 4.42 Å². The topological polar surface area (TPSA) is 25.2 Å². The molecule has 1 aromatic rings. The molecule has 3 heteroatoms. The molecule has 2 rings (SSSR count). The van der Waals surface area contributed by atoms with E-state index in [0.717, 1.165) is 18.7 Å². The zero-order chi connectivity index (χ0) is 13.9. The third kappa shape index (κ3) is 4.03. The van der Waals surface area contributed by atoms with Gasteiger partial charge < -0.3 is 9.73 Å². The van der Waals surface area contributed by atoms with Crippen LogP contribution in [0.4, 0.5) is 0 Å². The molecule has 0 saturated carbocycles. The van der Waals surface area contributed by atoms with E-state index in [1.165, 1.54) is 35.7 Å². The van der Waals surface area contributed by atoms with Crippen LogP contribution in [0.5, 0.6) is 0 Å². The highest BCUT2D eigenvalue weighted by atomic mass is 32.2. The van der Waals surface area contributed by atoms with Crippen LogP contribution in [0.2, 0.25) is 0 Å². The Morgan fingerprint density at radius 1 is 1.47 bits per heavy atom. The minimum Gasteiger partial charge on any atom is -0.466 e. The SMILES string of the molecule is CCSCCCNC1CC(C)(C)Cc2oc(C)cc21. The quantitative estimate of drug-likeness (QED) is 0.786. The Labute approximate surface area is 121 Å². The van der Waals surface area contributed by atoms with Gasteiger partial charge in [0.2, 0.25) is 0 Å². The summed E-state index contributed by atoms with van der Waals surface area (Å²) in [5.41, 5.74) is 1.74. The number of thioether (sulfide) groups is 1. The van der Waals surface area contributed by atoms with Crippen LogP contribution in [0.1, 0.15) is 56.7 Å². The molecular formula is C16H27NOS. The Bertz CT molecular complexity index is 411. The van der Waals surface area contributed by atoms with Crippen molar-refractivity contribution in [1.29, 1.82) is 0 Å². The molecule has 0 fully saturated rings. The van der Waals surface area contributed by atoms with Crippen molar-refractivity contribution in [1.82, 2.24) is 5.32 Å². The molecule has 1 atom stereocenters. The Morgan fingerprint density at radius 3 is 3.00 bits per heavy atom. The molecule has 108 valence electrons. The predicted molar refractivity (Wildman–Crippen MR) is 83.9 cm³/mol. The van der Waals surface area contributed by atoms with Crippen molar-refractivity contribution >= 4 is 11.8 Å². The van der Waals surface area contributed by atoms with Gasteiger partial charge >= 0.3 is 0 Å². The van der Waals surface area contributed by atoms with Crippen molar-refractivity contribution in [2.45, 2.75) is 53.0 Å². The van der Waals surface area contributed by atoms with Gasteiger partial charge in [-0.25, -0.2) is 0 Å². The van der Waals surface area contributed by atoms with Gasteiger partial charge in [-0.05, 0) is 49.3 Å². The third-order valence-electron chi connectivity index (χ3n) is 3.80. The first-order valence-electron chi connectivity index (χ1n) is 7.42. The second kappa shape index (κ2) is 6.36. The molecule has 1 N–H and O–H groups in total. The first kappa shape index (κ1) is 15.0. The molecule has 0 radical (unpaired) electrons. The number of rotatable bonds is 6. The molecule has 0 amide bonds. The summed E-state index contributed by atoms with van der Waals surface area (Å²) in [5.74, 6) is 4.74. The maximum atomic E-state index is 5.87. The zero-order valence-electron chi connectivity index (χ0n) is 12.7. The van der Waals surface area contributed by atoms with Gasteiger partial charge in [-0.3, -0.25) is 0 Å². The van der Waals surface area contributed by atoms with E-state index in [1.54, 1.807) is 0 Å². The van der Waals surface area contributed by atoms with Crippen molar-refractivity contribution in [3.05, 3.63) is 23.2 Å². The summed E-state index contributed by atoms with van der Waals surface area (Å²) in [6.45, 7) is 10.1. The van der Waals surface area contributed by atoms with Crippen LogP contribution in [0.25, 0.3) is 0 Å². The fourth-order valence-corrected chi connectivity index (χ4v) is 3.60. The van der Waals surface area contributed by atoms with Gasteiger partial charge in [-0.15, -0.1) is 0 Å². The van der Waals surface area contributed by atoms with Gasteiger partial charge in [0, 0.05) is 18.0 Å². The maximum absolute atomic E-state index is 5.87. The molecule has 0 bridgehead atoms. The molecule has 0 aromatic carbocycles. The Morgan fingerprint density at radius 2 is 2.26 bits per heavy atom. The maximum Gasteiger partial charge on any atom is 0.109 e. The lowest BCUT2D eigenvalue weighted by atomic mass is 9.74. The van der Waals surface area contributed by atoms with E-state index < -0.39 is 0 Å². The fraction of sp³-hybridized carbons (Fsp3) is 0.750. The second-order valence-corrected chi connectivity index (χ2v) is 7.73. The average Bonchev–Trinajstić information content (AvgIpc) is 2.67. The van der Waals surface area contributed by atoms with E-state index in [1.807, 2.05) is 11.8 Å². The summed E-state index contributed by atoms with van der Waals surface area (Å²) < 4.78 is 5.87. The lowest BCUT2D eigenvalue weighted by molar-refractivity contribution is 0.235. The number of furan rings is 1. The summed E-state index contributed by atoms with van der Waals surface area (Å²) >= 11 is 2.03. The Kier molecular flexibility index (Phi) is 5.02. The molecule has 1 aromatic heterocycles. The van der Waals surface area contributed by atoms with E-state index in [2.05, 4.69) is 39.1 Å². The molecule has 0 spiro atoms. The van der Waals surface area contributed by atoms with E-state index in [9.17, 15) is 0 Å². The van der Waals surface area contributed by atoms with Gasteiger partial charge in [0.15, 0.2) is 0 Å². The van der Waals surface area contributed by atoms with E-state index in [-0.39, 0.29) is 0 Å². The van der Waals surface area contributed by atoms with Crippen LogP contribution in [-0.4, -0.2) is 18.1 Å². The predicted octanol–water partition coefficient (Wildman–Crippen LogP) is 4.33. The molecule has 19 heavy (non-hydrogen) atoms. The standard InChI is InChI=1S/C16H27NOS/c1-5-19-8-6-7-17-14-10-16(3,4)11-15-13(14)9-12(2)18-15/h9,14,17H,5-8,10-11H2,1-4H3. The number of aryl methyl sites for hydroxylation is 1. The highest BCUT2D eigenvalue weighted by molar-refractivity contribution is 7.99. The largest absolute Gasteiger partial charge is 0.466 e. The second-order valence-electron chi connectivity index (χ2n) is 6.34. The molecule has 1 aliphatic rings. The molecule has 1 aliphatic carbocycles. The van der Waals surface area contributed by atoms with Crippen LogP contribution >= 0.6 is 11.8 Å². The molecular weight excluding hydrogens is 254 g/mol. The molecule has 1 heterocycles. The first-order chi connectivity index (χ1) is 9.02. The van der Waals surface area contributed by atoms with Crippen LogP contribution in [0.15, 0.2) is 10.5 Å². The fourth-order valence-electron chi connectivity index (χ4n) is 2.96. The molecule has 2 nitrogen and oxygen atoms in total. The number of nitrogens with one attached hydrogen (secondary N) is 1. The van der Waals surface area contributed by atoms with Gasteiger partial charge in [0.1, 0.15) is 11.5 Å². The summed E-state index contributed by atoms with van der Waals surface area (Å²) in [6.07, 6.45) is 3.53. The average molecular weight is 281 g/mol. The molecule has 0 saturated heterocycles. The van der Waals surface area contributed by atoms with Gasteiger partial charge in [0.25, 0.3) is 0 Å². The highest BCUT2D eigenvalue weighted by Crippen LogP contribution is 2.41. The van der Waals surface area contributed by atoms with Crippen molar-refractivity contribution in [2.24, 2.45) is 5.41 Å². The number of fused-ring (bicyclic) bond motifs is 1. The molecule has 1 unspecified atom stereocenters. The monoisotopic (exact) mass is 281 g/mol. The summed E-state index contributed by atoms with van der Waals surface area (Å²) in [5, 5.41) is 3.73. The number of hydrogen-bond acceptors (Lipinski definition) is 3. The Hall–Kier alpha value is -0.410. The zero-order valence-corrected chi connectivity index (χ0v) is 13.5. The van der Waals surface area contributed by atoms with Gasteiger partial charge in [0.05, 0.1) is 0 Å². The number of hydrogen-bond donors (Lipinski definition) is 1. The van der Waals surface area contributed by atoms with E-state index >= 15 is 0 Å². The van der Waals surface area contributed by atoms with Crippen LogP contribution in [-0.2, 0) is 6.42 Å². The van der Waals surface area contributed by atoms with Crippen molar-refractivity contribution in [3.8, 4) is 0 Å². The summed E-state index contributed by atoms with van der Waals surface area (Å²) in [4.78, 5) is 0. The summed E-state index contributed by atoms with van der Waals surface area (Å²) in [6, 6.07) is 2.70. The lowest BCUT2D eigenvalue weighted by Gasteiger charge is -2.34. The van der Waals surface area contributed by atoms with Crippen molar-refractivity contribution < 1.29 is 4.42 Å². The van der Waals surface area contributed by atoms with Crippen LogP contribution in [0.3, 0.4) is 0 Å². The highest BCUT2D eigenvalue weighted by Gasteiger charge is 2.34. The summed E-state index contributed by atoms with van der Waals surface area (Å²) in [7, 11) is 0. The first-order valence-corrected chi connectivity index (χ1v) is 8.57. The smallest absolute Gasteiger partial charge is 0.109 e. The van der Waals surface area contributed by atoms with E-state index in [0.29, 0.717) is 11.5 Å². The van der Waals surface area contributed by atoms with Gasteiger partial charge in [-0.2, -0.15) is 11.8 Å². The Balaban J connectivity index is 1.95. The molecule has 0 aliphatic heterocycles. The normalized spacial score (nSPS) is 21.4. The minimum atomic E-state index is 0.340. The van der Waals surface area contributed by atoms with Crippen LogP contribution in [0, 0.1) is 12.3 Å². The van der Waals surface area contributed by atoms with Crippen molar-refractivity contribution in [3.63, 3.8) is 0 Å². The minimum absolute atomic E-state index is 0.340. The van der Waals surface area contributed by atoms with Crippen LogP contribution < -0.4 is 5.32 Å². The van der Waals surface area contributed by atoms with Gasteiger partial charge in [-0.1, -0.05) is 20.8 Å². The third-order valence-corrected chi connectivity index (χ3v) is 4.78. The lowest BCUT2D eigenvalue weighted by Crippen LogP contribution is -2.33. The van der Waals surface area contributed by atoms with Crippen molar-refractivity contribution in [2.75, 3.05) is 18.1 Å².